The van der Waals surface area contributed by atoms with Crippen LogP contribution in [-0.4, -0.2) is 12.0 Å². The van der Waals surface area contributed by atoms with E-state index in [9.17, 15) is 4.79 Å². The number of benzene rings is 3. The Morgan fingerprint density at radius 2 is 1.67 bits per heavy atom. The van der Waals surface area contributed by atoms with Crippen LogP contribution in [0.25, 0.3) is 10.8 Å². The zero-order chi connectivity index (χ0) is 17.1. The molecule has 0 saturated heterocycles. The molecule has 3 rings (SSSR count). The molecule has 1 amide bonds. The molecule has 3 aromatic carbocycles. The van der Waals surface area contributed by atoms with Gasteiger partial charge in [-0.2, -0.15) is 0 Å². The summed E-state index contributed by atoms with van der Waals surface area (Å²) in [6, 6.07) is 19.7. The fraction of sp³-hybridized carbons (Fsp3) is 0.190. The topological polar surface area (TPSA) is 38.3 Å². The molecule has 0 aliphatic carbocycles. The number of carbonyl (C=O) groups excluding carboxylic acids is 1. The normalized spacial score (nSPS) is 12.0. The molecule has 0 aliphatic rings. The van der Waals surface area contributed by atoms with Crippen LogP contribution in [0.4, 0.5) is 5.69 Å². The molecular weight excluding hydrogens is 298 g/mol. The number of carbonyl (C=O) groups is 1. The molecule has 3 aromatic rings. The number of rotatable bonds is 4. The quantitative estimate of drug-likeness (QED) is 0.745. The predicted molar refractivity (Wildman–Crippen MR) is 98.6 cm³/mol. The second kappa shape index (κ2) is 6.75. The lowest BCUT2D eigenvalue weighted by Crippen LogP contribution is -2.30. The van der Waals surface area contributed by atoms with Gasteiger partial charge in [0.1, 0.15) is 5.75 Å². The first-order chi connectivity index (χ1) is 11.6. The third-order valence-electron chi connectivity index (χ3n) is 4.29. The molecule has 122 valence electrons. The lowest BCUT2D eigenvalue weighted by molar-refractivity contribution is -0.122. The van der Waals surface area contributed by atoms with Crippen molar-refractivity contribution in [3.63, 3.8) is 0 Å². The molecule has 0 heterocycles. The molecule has 0 radical (unpaired) electrons. The molecular formula is C21H21NO2. The minimum Gasteiger partial charge on any atom is -0.480 e. The largest absolute Gasteiger partial charge is 0.480 e. The maximum atomic E-state index is 12.5. The number of amides is 1. The maximum Gasteiger partial charge on any atom is 0.265 e. The van der Waals surface area contributed by atoms with Gasteiger partial charge in [-0.15, -0.1) is 0 Å². The van der Waals surface area contributed by atoms with Crippen LogP contribution in [0, 0.1) is 13.8 Å². The molecule has 1 N–H and O–H groups in total. The Balaban J connectivity index is 1.77. The zero-order valence-corrected chi connectivity index (χ0v) is 14.2. The fourth-order valence-electron chi connectivity index (χ4n) is 2.66. The van der Waals surface area contributed by atoms with Crippen LogP contribution in [-0.2, 0) is 4.79 Å². The van der Waals surface area contributed by atoms with Gasteiger partial charge in [0, 0.05) is 11.1 Å². The van der Waals surface area contributed by atoms with E-state index in [1.54, 1.807) is 6.92 Å². The first-order valence-electron chi connectivity index (χ1n) is 8.08. The van der Waals surface area contributed by atoms with Gasteiger partial charge in [0.05, 0.1) is 0 Å². The minimum atomic E-state index is -0.587. The Kier molecular flexibility index (Phi) is 4.52. The number of anilines is 1. The fourth-order valence-corrected chi connectivity index (χ4v) is 2.66. The summed E-state index contributed by atoms with van der Waals surface area (Å²) in [5.41, 5.74) is 3.05. The van der Waals surface area contributed by atoms with E-state index in [1.807, 2.05) is 74.5 Å². The van der Waals surface area contributed by atoms with Crippen LogP contribution >= 0.6 is 0 Å². The number of nitrogens with one attached hydrogen (secondary N) is 1. The predicted octanol–water partition coefficient (Wildman–Crippen LogP) is 4.86. The van der Waals surface area contributed by atoms with Crippen LogP contribution in [0.2, 0.25) is 0 Å². The van der Waals surface area contributed by atoms with E-state index >= 15 is 0 Å². The number of aryl methyl sites for hydroxylation is 1. The van der Waals surface area contributed by atoms with Crippen molar-refractivity contribution in [1.82, 2.24) is 0 Å². The summed E-state index contributed by atoms with van der Waals surface area (Å²) in [6.07, 6.45) is -0.587. The van der Waals surface area contributed by atoms with Crippen molar-refractivity contribution in [3.8, 4) is 5.75 Å². The van der Waals surface area contributed by atoms with Gasteiger partial charge in [0.15, 0.2) is 6.10 Å². The van der Waals surface area contributed by atoms with Crippen LogP contribution in [0.1, 0.15) is 18.1 Å². The molecule has 1 atom stereocenters. The van der Waals surface area contributed by atoms with E-state index in [-0.39, 0.29) is 5.91 Å². The van der Waals surface area contributed by atoms with Crippen LogP contribution in [0.5, 0.6) is 5.75 Å². The van der Waals surface area contributed by atoms with E-state index < -0.39 is 6.10 Å². The monoisotopic (exact) mass is 319 g/mol. The van der Waals surface area contributed by atoms with E-state index in [0.717, 1.165) is 33.3 Å². The second-order valence-corrected chi connectivity index (χ2v) is 5.97. The maximum absolute atomic E-state index is 12.5. The van der Waals surface area contributed by atoms with E-state index in [1.165, 1.54) is 0 Å². The van der Waals surface area contributed by atoms with Crippen molar-refractivity contribution in [2.75, 3.05) is 5.32 Å². The highest BCUT2D eigenvalue weighted by Gasteiger charge is 2.17. The van der Waals surface area contributed by atoms with Gasteiger partial charge in [0.25, 0.3) is 5.91 Å². The molecule has 0 aromatic heterocycles. The SMILES string of the molecule is Cc1cccc(NC(=O)C(C)Oc2cccc3ccccc23)c1C. The lowest BCUT2D eigenvalue weighted by Gasteiger charge is -2.17. The van der Waals surface area contributed by atoms with Gasteiger partial charge in [-0.25, -0.2) is 0 Å². The average Bonchev–Trinajstić information content (AvgIpc) is 2.59. The van der Waals surface area contributed by atoms with Crippen molar-refractivity contribution >= 4 is 22.4 Å². The van der Waals surface area contributed by atoms with Crippen LogP contribution < -0.4 is 10.1 Å². The first-order valence-corrected chi connectivity index (χ1v) is 8.08. The summed E-state index contributed by atoms with van der Waals surface area (Å²) < 4.78 is 5.92. The molecule has 3 heteroatoms. The standard InChI is InChI=1S/C21H21NO2/c1-14-8-6-12-19(15(14)2)22-21(23)16(3)24-20-13-7-10-17-9-4-5-11-18(17)20/h4-13,16H,1-3H3,(H,22,23). The lowest BCUT2D eigenvalue weighted by atomic mass is 10.1. The van der Waals surface area contributed by atoms with Crippen molar-refractivity contribution < 1.29 is 9.53 Å². The first kappa shape index (κ1) is 16.1. The third kappa shape index (κ3) is 3.25. The molecule has 0 fully saturated rings. The molecule has 0 spiro atoms. The Hall–Kier alpha value is -2.81. The molecule has 0 aliphatic heterocycles. The van der Waals surface area contributed by atoms with Gasteiger partial charge >= 0.3 is 0 Å². The number of ether oxygens (including phenoxy) is 1. The molecule has 3 nitrogen and oxygen atoms in total. The number of fused-ring (bicyclic) bond motifs is 1. The van der Waals surface area contributed by atoms with Gasteiger partial charge < -0.3 is 10.1 Å². The van der Waals surface area contributed by atoms with Gasteiger partial charge in [-0.1, -0.05) is 48.5 Å². The highest BCUT2D eigenvalue weighted by atomic mass is 16.5. The van der Waals surface area contributed by atoms with Crippen molar-refractivity contribution in [3.05, 3.63) is 71.8 Å². The summed E-state index contributed by atoms with van der Waals surface area (Å²) in [5, 5.41) is 5.06. The summed E-state index contributed by atoms with van der Waals surface area (Å²) in [7, 11) is 0. The van der Waals surface area contributed by atoms with E-state index in [4.69, 9.17) is 4.74 Å². The molecule has 0 saturated carbocycles. The summed E-state index contributed by atoms with van der Waals surface area (Å²) in [6.45, 7) is 5.80. The second-order valence-electron chi connectivity index (χ2n) is 5.97. The Morgan fingerprint density at radius 3 is 2.50 bits per heavy atom. The summed E-state index contributed by atoms with van der Waals surface area (Å²) >= 11 is 0. The van der Waals surface area contributed by atoms with E-state index in [2.05, 4.69) is 5.32 Å². The van der Waals surface area contributed by atoms with Gasteiger partial charge in [-0.3, -0.25) is 4.79 Å². The zero-order valence-electron chi connectivity index (χ0n) is 14.2. The van der Waals surface area contributed by atoms with Gasteiger partial charge in [0.2, 0.25) is 0 Å². The minimum absolute atomic E-state index is 0.156. The van der Waals surface area contributed by atoms with Crippen molar-refractivity contribution in [1.29, 1.82) is 0 Å². The van der Waals surface area contributed by atoms with Gasteiger partial charge in [-0.05, 0) is 49.4 Å². The highest BCUT2D eigenvalue weighted by Crippen LogP contribution is 2.26. The average molecular weight is 319 g/mol. The van der Waals surface area contributed by atoms with Crippen molar-refractivity contribution in [2.24, 2.45) is 0 Å². The van der Waals surface area contributed by atoms with Crippen molar-refractivity contribution in [2.45, 2.75) is 26.9 Å². The summed E-state index contributed by atoms with van der Waals surface area (Å²) in [4.78, 5) is 12.5. The Morgan fingerprint density at radius 1 is 0.958 bits per heavy atom. The Labute approximate surface area is 142 Å². The molecule has 1 unspecified atom stereocenters. The Bertz CT molecular complexity index is 881. The molecule has 24 heavy (non-hydrogen) atoms. The third-order valence-corrected chi connectivity index (χ3v) is 4.29. The highest BCUT2D eigenvalue weighted by molar-refractivity contribution is 5.95. The number of hydrogen-bond acceptors (Lipinski definition) is 2. The summed E-state index contributed by atoms with van der Waals surface area (Å²) in [5.74, 6) is 0.563. The van der Waals surface area contributed by atoms with Crippen LogP contribution in [0.15, 0.2) is 60.7 Å². The molecule has 0 bridgehead atoms. The number of hydrogen-bond donors (Lipinski definition) is 1. The van der Waals surface area contributed by atoms with E-state index in [0.29, 0.717) is 0 Å². The van der Waals surface area contributed by atoms with Crippen LogP contribution in [0.3, 0.4) is 0 Å². The smallest absolute Gasteiger partial charge is 0.265 e.